The van der Waals surface area contributed by atoms with E-state index < -0.39 is 8.07 Å². The first kappa shape index (κ1) is 14.6. The maximum atomic E-state index is 2.47. The third-order valence-electron chi connectivity index (χ3n) is 3.81. The Morgan fingerprint density at radius 2 is 1.65 bits per heavy atom. The van der Waals surface area contributed by atoms with Crippen LogP contribution >= 0.6 is 11.8 Å². The quantitative estimate of drug-likeness (QED) is 0.655. The van der Waals surface area contributed by atoms with Crippen molar-refractivity contribution in [1.82, 2.24) is 0 Å². The summed E-state index contributed by atoms with van der Waals surface area (Å²) in [6, 6.07) is 10.7. The average Bonchev–Trinajstić information content (AvgIpc) is 2.25. The van der Waals surface area contributed by atoms with Crippen molar-refractivity contribution in [2.75, 3.05) is 6.26 Å². The fourth-order valence-corrected chi connectivity index (χ4v) is 6.05. The first-order chi connectivity index (χ1) is 7.79. The lowest BCUT2D eigenvalue weighted by atomic mass is 10.2. The second-order valence-electron chi connectivity index (χ2n) is 6.00. The highest BCUT2D eigenvalue weighted by Gasteiger charge is 2.38. The molecule has 1 rings (SSSR count). The van der Waals surface area contributed by atoms with Gasteiger partial charge in [0.05, 0.1) is 8.07 Å². The van der Waals surface area contributed by atoms with E-state index in [1.807, 2.05) is 11.8 Å². The van der Waals surface area contributed by atoms with Crippen LogP contribution < -0.4 is 0 Å². The Morgan fingerprint density at radius 1 is 1.12 bits per heavy atom. The summed E-state index contributed by atoms with van der Waals surface area (Å²) in [4.78, 5) is 0. The molecular weight excluding hydrogens is 240 g/mol. The van der Waals surface area contributed by atoms with Crippen molar-refractivity contribution < 1.29 is 0 Å². The van der Waals surface area contributed by atoms with Gasteiger partial charge < -0.3 is 0 Å². The summed E-state index contributed by atoms with van der Waals surface area (Å²) in [5, 5.41) is 0.399. The Bertz CT molecular complexity index is 385. The van der Waals surface area contributed by atoms with Crippen LogP contribution in [-0.4, -0.2) is 14.3 Å². The molecule has 1 aromatic carbocycles. The molecule has 0 aliphatic rings. The number of rotatable bonds is 3. The van der Waals surface area contributed by atoms with E-state index >= 15 is 0 Å². The Balaban J connectivity index is 3.12. The zero-order valence-corrected chi connectivity index (χ0v) is 13.7. The summed E-state index contributed by atoms with van der Waals surface area (Å²) in [5.41, 5.74) is 1.32. The Kier molecular flexibility index (Phi) is 4.67. The molecule has 94 valence electrons. The highest BCUT2D eigenvalue weighted by molar-refractivity contribution is 8.04. The molecule has 0 bridgehead atoms. The van der Waals surface area contributed by atoms with Crippen LogP contribution in [-0.2, 0) is 0 Å². The standard InChI is InChI=1S/C15H24SSi/c1-15(2,3)17(5,6)14(16-4)12-13-10-8-7-9-11-13/h7-12H,1-6H3/b14-12+. The normalized spacial score (nSPS) is 13.9. The van der Waals surface area contributed by atoms with Gasteiger partial charge in [-0.15, -0.1) is 11.8 Å². The molecule has 0 aliphatic carbocycles. The fourth-order valence-electron chi connectivity index (χ4n) is 1.56. The monoisotopic (exact) mass is 264 g/mol. The predicted octanol–water partition coefficient (Wildman–Crippen LogP) is 5.44. The van der Waals surface area contributed by atoms with E-state index in [1.165, 1.54) is 5.56 Å². The van der Waals surface area contributed by atoms with Gasteiger partial charge >= 0.3 is 0 Å². The lowest BCUT2D eigenvalue weighted by Crippen LogP contribution is -2.38. The van der Waals surface area contributed by atoms with Crippen molar-refractivity contribution in [3.8, 4) is 0 Å². The molecule has 0 aromatic heterocycles. The lowest BCUT2D eigenvalue weighted by Gasteiger charge is -2.38. The summed E-state index contributed by atoms with van der Waals surface area (Å²) in [5.74, 6) is 0. The first-order valence-corrected chi connectivity index (χ1v) is 10.3. The summed E-state index contributed by atoms with van der Waals surface area (Å²) in [6.45, 7) is 12.0. The predicted molar refractivity (Wildman–Crippen MR) is 85.1 cm³/mol. The minimum atomic E-state index is -1.39. The van der Waals surface area contributed by atoms with Gasteiger partial charge in [-0.2, -0.15) is 0 Å². The summed E-state index contributed by atoms with van der Waals surface area (Å²) in [7, 11) is -1.39. The SMILES string of the molecule is CS/C(=C\c1ccccc1)[Si](C)(C)C(C)(C)C. The van der Waals surface area contributed by atoms with Gasteiger partial charge in [0.2, 0.25) is 0 Å². The van der Waals surface area contributed by atoms with Crippen LogP contribution in [0.1, 0.15) is 26.3 Å². The summed E-state index contributed by atoms with van der Waals surface area (Å²) in [6.07, 6.45) is 4.58. The van der Waals surface area contributed by atoms with Crippen LogP contribution in [0.25, 0.3) is 6.08 Å². The van der Waals surface area contributed by atoms with Crippen molar-refractivity contribution in [3.63, 3.8) is 0 Å². The third-order valence-corrected chi connectivity index (χ3v) is 11.6. The van der Waals surface area contributed by atoms with Gasteiger partial charge in [-0.05, 0) is 27.5 Å². The van der Waals surface area contributed by atoms with Crippen LogP contribution in [0.2, 0.25) is 18.1 Å². The number of benzene rings is 1. The molecule has 0 radical (unpaired) electrons. The molecule has 1 aromatic rings. The van der Waals surface area contributed by atoms with Gasteiger partial charge in [0.1, 0.15) is 0 Å². The zero-order valence-electron chi connectivity index (χ0n) is 11.9. The molecule has 2 heteroatoms. The minimum Gasteiger partial charge on any atom is -0.139 e. The Labute approximate surface area is 112 Å². The van der Waals surface area contributed by atoms with Crippen molar-refractivity contribution in [2.24, 2.45) is 0 Å². The van der Waals surface area contributed by atoms with Crippen LogP contribution in [0.5, 0.6) is 0 Å². The van der Waals surface area contributed by atoms with Gasteiger partial charge in [0.25, 0.3) is 0 Å². The van der Waals surface area contributed by atoms with Gasteiger partial charge in [-0.25, -0.2) is 0 Å². The fraction of sp³-hybridized carbons (Fsp3) is 0.467. The Hall–Kier alpha value is -0.473. The zero-order chi connectivity index (χ0) is 13.1. The number of thioether (sulfide) groups is 1. The van der Waals surface area contributed by atoms with Gasteiger partial charge in [0, 0.05) is 0 Å². The number of hydrogen-bond donors (Lipinski definition) is 0. The largest absolute Gasteiger partial charge is 0.139 e. The second kappa shape index (κ2) is 5.45. The molecule has 0 saturated carbocycles. The minimum absolute atomic E-state index is 0.399. The molecule has 0 nitrogen and oxygen atoms in total. The van der Waals surface area contributed by atoms with Crippen LogP contribution in [0.15, 0.2) is 34.9 Å². The third kappa shape index (κ3) is 3.49. The molecule has 0 N–H and O–H groups in total. The van der Waals surface area contributed by atoms with E-state index in [4.69, 9.17) is 0 Å². The lowest BCUT2D eigenvalue weighted by molar-refractivity contribution is 0.728. The van der Waals surface area contributed by atoms with Crippen molar-refractivity contribution in [1.29, 1.82) is 0 Å². The van der Waals surface area contributed by atoms with Gasteiger partial charge in [0.15, 0.2) is 0 Å². The molecule has 0 amide bonds. The molecule has 0 spiro atoms. The smallest absolute Gasteiger partial charge is 0.0940 e. The van der Waals surface area contributed by atoms with Crippen LogP contribution in [0.4, 0.5) is 0 Å². The first-order valence-electron chi connectivity index (χ1n) is 6.10. The molecule has 0 atom stereocenters. The van der Waals surface area contributed by atoms with E-state index in [1.54, 1.807) is 4.53 Å². The van der Waals surface area contributed by atoms with E-state index in [2.05, 4.69) is 76.5 Å². The average molecular weight is 265 g/mol. The van der Waals surface area contributed by atoms with Gasteiger partial charge in [-0.3, -0.25) is 0 Å². The van der Waals surface area contributed by atoms with Crippen molar-refractivity contribution in [3.05, 3.63) is 40.4 Å². The topological polar surface area (TPSA) is 0 Å². The maximum absolute atomic E-state index is 2.47. The van der Waals surface area contributed by atoms with E-state index in [9.17, 15) is 0 Å². The molecule has 0 fully saturated rings. The maximum Gasteiger partial charge on any atom is 0.0940 e. The van der Waals surface area contributed by atoms with Crippen LogP contribution in [0.3, 0.4) is 0 Å². The van der Waals surface area contributed by atoms with Gasteiger partial charge in [-0.1, -0.05) is 64.2 Å². The molecule has 0 saturated heterocycles. The molecule has 0 unspecified atom stereocenters. The molecule has 17 heavy (non-hydrogen) atoms. The van der Waals surface area contributed by atoms with Crippen molar-refractivity contribution in [2.45, 2.75) is 38.9 Å². The number of hydrogen-bond acceptors (Lipinski definition) is 1. The molecular formula is C15H24SSi. The van der Waals surface area contributed by atoms with Crippen molar-refractivity contribution >= 4 is 25.9 Å². The van der Waals surface area contributed by atoms with E-state index in [0.717, 1.165) is 0 Å². The van der Waals surface area contributed by atoms with E-state index in [0.29, 0.717) is 5.04 Å². The Morgan fingerprint density at radius 3 is 2.06 bits per heavy atom. The van der Waals surface area contributed by atoms with Crippen LogP contribution in [0, 0.1) is 0 Å². The second-order valence-corrected chi connectivity index (χ2v) is 12.5. The molecule has 0 aliphatic heterocycles. The summed E-state index contributed by atoms with van der Waals surface area (Å²) < 4.78 is 1.58. The summed E-state index contributed by atoms with van der Waals surface area (Å²) >= 11 is 1.92. The van der Waals surface area contributed by atoms with E-state index in [-0.39, 0.29) is 0 Å². The highest BCUT2D eigenvalue weighted by atomic mass is 32.2. The highest BCUT2D eigenvalue weighted by Crippen LogP contribution is 2.44. The molecule has 0 heterocycles.